The summed E-state index contributed by atoms with van der Waals surface area (Å²) in [5.74, 6) is 0.590. The van der Waals surface area contributed by atoms with E-state index in [9.17, 15) is 13.2 Å². The fraction of sp³-hybridized carbons (Fsp3) is 0.500. The number of rotatable bonds is 0. The van der Waals surface area contributed by atoms with Gasteiger partial charge in [0.25, 0.3) is 0 Å². The second-order valence-electron chi connectivity index (χ2n) is 2.96. The molecule has 2 aliphatic rings. The fourth-order valence-electron chi connectivity index (χ4n) is 1.54. The lowest BCUT2D eigenvalue weighted by Crippen LogP contribution is -2.38. The van der Waals surface area contributed by atoms with Gasteiger partial charge in [-0.25, -0.2) is 0 Å². The van der Waals surface area contributed by atoms with Gasteiger partial charge in [-0.3, -0.25) is 5.32 Å². The molecule has 72 valence electrons. The second kappa shape index (κ2) is 3.06. The highest BCUT2D eigenvalue weighted by atomic mass is 32.2. The van der Waals surface area contributed by atoms with Crippen molar-refractivity contribution in [1.29, 1.82) is 0 Å². The van der Waals surface area contributed by atoms with Gasteiger partial charge < -0.3 is 0 Å². The first-order chi connectivity index (χ1) is 6.09. The van der Waals surface area contributed by atoms with Gasteiger partial charge in [-0.2, -0.15) is 13.2 Å². The Morgan fingerprint density at radius 3 is 2.92 bits per heavy atom. The summed E-state index contributed by atoms with van der Waals surface area (Å²) >= 11 is 1.51. The third-order valence-corrected chi connectivity index (χ3v) is 3.29. The van der Waals surface area contributed by atoms with Crippen molar-refractivity contribution in [2.45, 2.75) is 17.5 Å². The summed E-state index contributed by atoms with van der Waals surface area (Å²) in [7, 11) is 0. The van der Waals surface area contributed by atoms with Gasteiger partial charge in [0.1, 0.15) is 0 Å². The van der Waals surface area contributed by atoms with Gasteiger partial charge in [-0.15, -0.1) is 11.8 Å². The van der Waals surface area contributed by atoms with Crippen molar-refractivity contribution < 1.29 is 13.2 Å². The van der Waals surface area contributed by atoms with E-state index in [1.165, 1.54) is 17.8 Å². The molecule has 0 amide bonds. The van der Waals surface area contributed by atoms with Crippen LogP contribution in [0.4, 0.5) is 13.2 Å². The molecule has 0 aromatic rings. The van der Waals surface area contributed by atoms with Crippen molar-refractivity contribution in [3.05, 3.63) is 23.8 Å². The van der Waals surface area contributed by atoms with Crippen molar-refractivity contribution in [2.24, 2.45) is 0 Å². The maximum Gasteiger partial charge on any atom is 0.414 e. The van der Waals surface area contributed by atoms with Crippen LogP contribution >= 0.6 is 11.8 Å². The Balaban J connectivity index is 2.27. The van der Waals surface area contributed by atoms with E-state index >= 15 is 0 Å². The number of allylic oxidation sites excluding steroid dienone is 2. The number of hydrogen-bond donors (Lipinski definition) is 1. The van der Waals surface area contributed by atoms with Gasteiger partial charge in [-0.1, -0.05) is 18.2 Å². The molecule has 2 unspecified atom stereocenters. The highest BCUT2D eigenvalue weighted by Gasteiger charge is 2.43. The lowest BCUT2D eigenvalue weighted by molar-refractivity contribution is -0.0962. The molecule has 13 heavy (non-hydrogen) atoms. The molecule has 0 aromatic carbocycles. The lowest BCUT2D eigenvalue weighted by Gasteiger charge is -2.23. The van der Waals surface area contributed by atoms with Crippen LogP contribution in [0.3, 0.4) is 0 Å². The lowest BCUT2D eigenvalue weighted by atomic mass is 9.98. The molecule has 1 aliphatic carbocycles. The van der Waals surface area contributed by atoms with E-state index in [0.29, 0.717) is 5.88 Å². The number of nitrogens with one attached hydrogen (secondary N) is 1. The summed E-state index contributed by atoms with van der Waals surface area (Å²) in [5.41, 5.74) is -0.454. The van der Waals surface area contributed by atoms with Gasteiger partial charge >= 0.3 is 6.18 Å². The maximum absolute atomic E-state index is 12.4. The first-order valence-corrected chi connectivity index (χ1v) is 4.94. The molecule has 1 aliphatic heterocycles. The Kier molecular flexibility index (Phi) is 2.15. The van der Waals surface area contributed by atoms with Crippen molar-refractivity contribution >= 4 is 11.8 Å². The quantitative estimate of drug-likeness (QED) is 0.652. The SMILES string of the molecule is FC(F)(F)C1=CC=CC2SCNC12. The number of thioether (sulfide) groups is 1. The number of alkyl halides is 3. The summed E-state index contributed by atoms with van der Waals surface area (Å²) in [5, 5.41) is 2.78. The number of halogens is 3. The minimum Gasteiger partial charge on any atom is -0.300 e. The van der Waals surface area contributed by atoms with Crippen LogP contribution in [0.2, 0.25) is 0 Å². The summed E-state index contributed by atoms with van der Waals surface area (Å²) in [6.07, 6.45) is 0.250. The van der Waals surface area contributed by atoms with E-state index < -0.39 is 17.8 Å². The standard InChI is InChI=1S/C8H8F3NS/c9-8(10,11)5-2-1-3-6-7(5)12-4-13-6/h1-3,6-7,12H,4H2. The van der Waals surface area contributed by atoms with Gasteiger partial charge in [0.2, 0.25) is 0 Å². The molecule has 1 fully saturated rings. The zero-order valence-electron chi connectivity index (χ0n) is 6.64. The molecule has 0 bridgehead atoms. The van der Waals surface area contributed by atoms with E-state index in [1.54, 1.807) is 0 Å². The van der Waals surface area contributed by atoms with Crippen LogP contribution in [-0.4, -0.2) is 23.3 Å². The smallest absolute Gasteiger partial charge is 0.300 e. The Labute approximate surface area is 78.1 Å². The van der Waals surface area contributed by atoms with Crippen LogP contribution in [0, 0.1) is 0 Å². The van der Waals surface area contributed by atoms with Crippen molar-refractivity contribution in [2.75, 3.05) is 5.88 Å². The second-order valence-corrected chi connectivity index (χ2v) is 4.13. The maximum atomic E-state index is 12.4. The highest BCUT2D eigenvalue weighted by molar-refractivity contribution is 8.00. The Morgan fingerprint density at radius 1 is 1.46 bits per heavy atom. The first-order valence-electron chi connectivity index (χ1n) is 3.89. The van der Waals surface area contributed by atoms with Gasteiger partial charge in [0, 0.05) is 11.1 Å². The van der Waals surface area contributed by atoms with E-state index in [2.05, 4.69) is 5.32 Å². The molecule has 1 nitrogen and oxygen atoms in total. The Hall–Kier alpha value is -0.420. The Morgan fingerprint density at radius 2 is 2.23 bits per heavy atom. The first kappa shape index (κ1) is 9.15. The molecule has 2 atom stereocenters. The third-order valence-electron chi connectivity index (χ3n) is 2.15. The van der Waals surface area contributed by atoms with Crippen LogP contribution < -0.4 is 5.32 Å². The molecule has 5 heteroatoms. The molecule has 0 aromatic heterocycles. The summed E-state index contributed by atoms with van der Waals surface area (Å²) in [6, 6.07) is -0.546. The number of fused-ring (bicyclic) bond motifs is 1. The van der Waals surface area contributed by atoms with E-state index in [0.717, 1.165) is 6.08 Å². The average molecular weight is 207 g/mol. The van der Waals surface area contributed by atoms with Crippen molar-refractivity contribution in [3.8, 4) is 0 Å². The molecular formula is C8H8F3NS. The Bertz CT molecular complexity index is 269. The minimum absolute atomic E-state index is 0.0541. The molecule has 0 radical (unpaired) electrons. The average Bonchev–Trinajstić information content (AvgIpc) is 2.48. The predicted octanol–water partition coefficient (Wildman–Crippen LogP) is 2.08. The van der Waals surface area contributed by atoms with Gasteiger partial charge in [0.05, 0.1) is 11.6 Å². The fourth-order valence-corrected chi connectivity index (χ4v) is 2.65. The van der Waals surface area contributed by atoms with E-state index in [4.69, 9.17) is 0 Å². The molecule has 0 saturated carbocycles. The van der Waals surface area contributed by atoms with Crippen LogP contribution in [0.5, 0.6) is 0 Å². The summed E-state index contributed by atoms with van der Waals surface area (Å²) in [6.45, 7) is 0. The molecule has 1 N–H and O–H groups in total. The van der Waals surface area contributed by atoms with E-state index in [-0.39, 0.29) is 5.25 Å². The molecule has 1 heterocycles. The van der Waals surface area contributed by atoms with E-state index in [1.807, 2.05) is 6.08 Å². The summed E-state index contributed by atoms with van der Waals surface area (Å²) in [4.78, 5) is 0. The molecule has 1 saturated heterocycles. The van der Waals surface area contributed by atoms with Crippen molar-refractivity contribution in [3.63, 3.8) is 0 Å². The van der Waals surface area contributed by atoms with Crippen LogP contribution in [0.25, 0.3) is 0 Å². The van der Waals surface area contributed by atoms with Crippen LogP contribution in [-0.2, 0) is 0 Å². The zero-order chi connectivity index (χ0) is 9.47. The number of hydrogen-bond acceptors (Lipinski definition) is 2. The van der Waals surface area contributed by atoms with Crippen molar-refractivity contribution in [1.82, 2.24) is 5.32 Å². The minimum atomic E-state index is -4.20. The van der Waals surface area contributed by atoms with Crippen LogP contribution in [0.15, 0.2) is 23.8 Å². The topological polar surface area (TPSA) is 12.0 Å². The third kappa shape index (κ3) is 1.62. The zero-order valence-corrected chi connectivity index (χ0v) is 7.45. The highest BCUT2D eigenvalue weighted by Crippen LogP contribution is 2.37. The van der Waals surface area contributed by atoms with Gasteiger partial charge in [0.15, 0.2) is 0 Å². The normalized spacial score (nSPS) is 33.0. The molecule has 2 rings (SSSR count). The summed E-state index contributed by atoms with van der Waals surface area (Å²) < 4.78 is 37.3. The predicted molar refractivity (Wildman–Crippen MR) is 46.4 cm³/mol. The molecular weight excluding hydrogens is 199 g/mol. The van der Waals surface area contributed by atoms with Crippen LogP contribution in [0.1, 0.15) is 0 Å². The van der Waals surface area contributed by atoms with Gasteiger partial charge in [-0.05, 0) is 0 Å². The largest absolute Gasteiger partial charge is 0.414 e. The molecule has 0 spiro atoms. The monoisotopic (exact) mass is 207 g/mol.